The Balaban J connectivity index is 2.77. The molecule has 90 valence electrons. The molecule has 1 aromatic heterocycles. The maximum atomic E-state index is 4.53. The van der Waals surface area contributed by atoms with E-state index in [0.717, 1.165) is 25.2 Å². The van der Waals surface area contributed by atoms with E-state index in [1.807, 2.05) is 6.08 Å². The highest BCUT2D eigenvalue weighted by Crippen LogP contribution is 2.21. The third kappa shape index (κ3) is 2.73. The van der Waals surface area contributed by atoms with Gasteiger partial charge in [0.05, 0.1) is 5.69 Å². The van der Waals surface area contributed by atoms with Crippen LogP contribution in [0.4, 0.5) is 0 Å². The highest BCUT2D eigenvalue weighted by atomic mass is 15.3. The van der Waals surface area contributed by atoms with Gasteiger partial charge < -0.3 is 5.32 Å². The molecule has 1 rings (SSSR count). The van der Waals surface area contributed by atoms with Gasteiger partial charge >= 0.3 is 0 Å². The Morgan fingerprint density at radius 1 is 1.50 bits per heavy atom. The van der Waals surface area contributed by atoms with Crippen LogP contribution in [0, 0.1) is 13.8 Å². The van der Waals surface area contributed by atoms with Gasteiger partial charge in [-0.25, -0.2) is 0 Å². The second kappa shape index (κ2) is 5.85. The lowest BCUT2D eigenvalue weighted by Crippen LogP contribution is -2.20. The quantitative estimate of drug-likeness (QED) is 0.591. The first-order valence-electron chi connectivity index (χ1n) is 6.00. The zero-order chi connectivity index (χ0) is 12.1. The molecule has 0 fully saturated rings. The minimum atomic E-state index is 0.361. The molecule has 1 unspecified atom stereocenters. The number of aromatic nitrogens is 2. The van der Waals surface area contributed by atoms with Gasteiger partial charge in [0.25, 0.3) is 0 Å². The van der Waals surface area contributed by atoms with Gasteiger partial charge in [-0.2, -0.15) is 5.10 Å². The fraction of sp³-hybridized carbons (Fsp3) is 0.615. The zero-order valence-corrected chi connectivity index (χ0v) is 10.9. The van der Waals surface area contributed by atoms with Crippen molar-refractivity contribution in [2.75, 3.05) is 6.54 Å². The summed E-state index contributed by atoms with van der Waals surface area (Å²) in [5.74, 6) is 0. The first-order valence-corrected chi connectivity index (χ1v) is 6.00. The molecule has 1 atom stereocenters. The number of nitrogens with zero attached hydrogens (tertiary/aromatic N) is 2. The van der Waals surface area contributed by atoms with Crippen molar-refractivity contribution in [2.45, 2.75) is 46.7 Å². The lowest BCUT2D eigenvalue weighted by molar-refractivity contribution is 0.572. The van der Waals surface area contributed by atoms with E-state index in [0.29, 0.717) is 6.04 Å². The van der Waals surface area contributed by atoms with Crippen LogP contribution in [0.1, 0.15) is 43.3 Å². The van der Waals surface area contributed by atoms with Gasteiger partial charge in [-0.1, -0.05) is 6.08 Å². The molecule has 1 N–H and O–H groups in total. The Morgan fingerprint density at radius 3 is 2.69 bits per heavy atom. The molecule has 0 spiro atoms. The van der Waals surface area contributed by atoms with Crippen LogP contribution in [-0.2, 0) is 6.54 Å². The minimum Gasteiger partial charge on any atom is -0.310 e. The molecule has 0 aliphatic rings. The van der Waals surface area contributed by atoms with Crippen LogP contribution in [0.2, 0.25) is 0 Å². The van der Waals surface area contributed by atoms with E-state index >= 15 is 0 Å². The monoisotopic (exact) mass is 221 g/mol. The molecule has 0 bridgehead atoms. The van der Waals surface area contributed by atoms with Crippen molar-refractivity contribution in [2.24, 2.45) is 0 Å². The molecule has 0 amide bonds. The Hall–Kier alpha value is -1.09. The van der Waals surface area contributed by atoms with Crippen LogP contribution in [-0.4, -0.2) is 16.3 Å². The van der Waals surface area contributed by atoms with E-state index in [2.05, 4.69) is 49.4 Å². The highest BCUT2D eigenvalue weighted by Gasteiger charge is 2.15. The highest BCUT2D eigenvalue weighted by molar-refractivity contribution is 5.27. The van der Waals surface area contributed by atoms with Crippen molar-refractivity contribution in [3.8, 4) is 0 Å². The second-order valence-electron chi connectivity index (χ2n) is 4.15. The van der Waals surface area contributed by atoms with Gasteiger partial charge in [-0.15, -0.1) is 6.58 Å². The molecule has 0 saturated heterocycles. The van der Waals surface area contributed by atoms with E-state index in [4.69, 9.17) is 0 Å². The van der Waals surface area contributed by atoms with Crippen molar-refractivity contribution in [3.05, 3.63) is 29.6 Å². The van der Waals surface area contributed by atoms with Crippen LogP contribution in [0.5, 0.6) is 0 Å². The lowest BCUT2D eigenvalue weighted by Gasteiger charge is -2.14. The standard InChI is InChI=1S/C13H23N3/c1-6-8-9-14-10(3)13-11(4)15-16(7-2)12(13)5/h6,10,14H,1,7-9H2,2-5H3. The van der Waals surface area contributed by atoms with Crippen LogP contribution in [0.25, 0.3) is 0 Å². The Labute approximate surface area is 98.5 Å². The molecular formula is C13H23N3. The summed E-state index contributed by atoms with van der Waals surface area (Å²) < 4.78 is 2.07. The average Bonchev–Trinajstić information content (AvgIpc) is 2.54. The molecule has 16 heavy (non-hydrogen) atoms. The third-order valence-corrected chi connectivity index (χ3v) is 2.97. The Kier molecular flexibility index (Phi) is 4.74. The van der Waals surface area contributed by atoms with E-state index in [9.17, 15) is 0 Å². The lowest BCUT2D eigenvalue weighted by atomic mass is 10.1. The summed E-state index contributed by atoms with van der Waals surface area (Å²) >= 11 is 0. The SMILES string of the molecule is C=CCCNC(C)c1c(C)nn(CC)c1C. The summed E-state index contributed by atoms with van der Waals surface area (Å²) in [5.41, 5.74) is 3.75. The smallest absolute Gasteiger partial charge is 0.0644 e. The fourth-order valence-electron chi connectivity index (χ4n) is 2.15. The zero-order valence-electron chi connectivity index (χ0n) is 10.9. The maximum Gasteiger partial charge on any atom is 0.0644 e. The van der Waals surface area contributed by atoms with Crippen molar-refractivity contribution in [3.63, 3.8) is 0 Å². The van der Waals surface area contributed by atoms with Gasteiger partial charge in [-0.05, 0) is 40.7 Å². The number of aryl methyl sites for hydroxylation is 2. The van der Waals surface area contributed by atoms with Gasteiger partial charge in [0.2, 0.25) is 0 Å². The van der Waals surface area contributed by atoms with Crippen molar-refractivity contribution in [1.82, 2.24) is 15.1 Å². The van der Waals surface area contributed by atoms with Gasteiger partial charge in [-0.3, -0.25) is 4.68 Å². The molecule has 0 aliphatic heterocycles. The summed E-state index contributed by atoms with van der Waals surface area (Å²) in [6.45, 7) is 14.2. The van der Waals surface area contributed by atoms with Crippen LogP contribution in [0.3, 0.4) is 0 Å². The van der Waals surface area contributed by atoms with Gasteiger partial charge in [0.1, 0.15) is 0 Å². The largest absolute Gasteiger partial charge is 0.310 e. The molecule has 1 aromatic rings. The molecular weight excluding hydrogens is 198 g/mol. The number of nitrogens with one attached hydrogen (secondary N) is 1. The normalized spacial score (nSPS) is 12.8. The molecule has 0 aromatic carbocycles. The predicted octanol–water partition coefficient (Wildman–Crippen LogP) is 2.75. The van der Waals surface area contributed by atoms with E-state index in [-0.39, 0.29) is 0 Å². The van der Waals surface area contributed by atoms with Crippen LogP contribution < -0.4 is 5.32 Å². The third-order valence-electron chi connectivity index (χ3n) is 2.97. The number of hydrogen-bond donors (Lipinski definition) is 1. The van der Waals surface area contributed by atoms with E-state index < -0.39 is 0 Å². The first kappa shape index (κ1) is 13.0. The van der Waals surface area contributed by atoms with Gasteiger partial charge in [0, 0.05) is 23.8 Å². The average molecular weight is 221 g/mol. The summed E-state index contributed by atoms with van der Waals surface area (Å²) in [4.78, 5) is 0. The maximum absolute atomic E-state index is 4.53. The number of rotatable bonds is 6. The molecule has 3 heteroatoms. The first-order chi connectivity index (χ1) is 7.61. The Bertz CT molecular complexity index is 352. The van der Waals surface area contributed by atoms with Crippen LogP contribution in [0.15, 0.2) is 12.7 Å². The molecule has 0 saturated carbocycles. The molecule has 0 aliphatic carbocycles. The minimum absolute atomic E-state index is 0.361. The van der Waals surface area contributed by atoms with E-state index in [1.165, 1.54) is 11.3 Å². The molecule has 0 radical (unpaired) electrons. The topological polar surface area (TPSA) is 29.9 Å². The summed E-state index contributed by atoms with van der Waals surface area (Å²) in [6, 6.07) is 0.361. The summed E-state index contributed by atoms with van der Waals surface area (Å²) in [6.07, 6.45) is 2.94. The van der Waals surface area contributed by atoms with Crippen molar-refractivity contribution >= 4 is 0 Å². The predicted molar refractivity (Wildman–Crippen MR) is 68.6 cm³/mol. The molecule has 3 nitrogen and oxygen atoms in total. The van der Waals surface area contributed by atoms with Crippen LogP contribution >= 0.6 is 0 Å². The second-order valence-corrected chi connectivity index (χ2v) is 4.15. The van der Waals surface area contributed by atoms with Crippen molar-refractivity contribution < 1.29 is 0 Å². The number of hydrogen-bond acceptors (Lipinski definition) is 2. The van der Waals surface area contributed by atoms with E-state index in [1.54, 1.807) is 0 Å². The summed E-state index contributed by atoms with van der Waals surface area (Å²) in [5, 5.41) is 8.03. The fourth-order valence-corrected chi connectivity index (χ4v) is 2.15. The van der Waals surface area contributed by atoms with Crippen molar-refractivity contribution in [1.29, 1.82) is 0 Å². The summed E-state index contributed by atoms with van der Waals surface area (Å²) in [7, 11) is 0. The van der Waals surface area contributed by atoms with Gasteiger partial charge in [0.15, 0.2) is 0 Å². The molecule has 1 heterocycles. The Morgan fingerprint density at radius 2 is 2.19 bits per heavy atom.